The van der Waals surface area contributed by atoms with Crippen LogP contribution in [-0.4, -0.2) is 21.7 Å². The molecule has 0 saturated carbocycles. The third kappa shape index (κ3) is 6.44. The molecular formula is C23H20N4O6. The Bertz CT molecular complexity index is 1210. The van der Waals surface area contributed by atoms with Crippen molar-refractivity contribution in [1.29, 1.82) is 0 Å². The number of nitrogens with one attached hydrogen (secondary N) is 2. The average Bonchev–Trinajstić information content (AvgIpc) is 2.78. The minimum atomic E-state index is -0.532. The SMILES string of the molecule is O=C(Cc1ccccc1[N+](=O)[O-])NCc1cccc(NC(=O)Cc2ccccc2[N+](=O)[O-])c1. The first-order chi connectivity index (χ1) is 15.8. The average molecular weight is 448 g/mol. The van der Waals surface area contributed by atoms with Crippen molar-refractivity contribution in [2.24, 2.45) is 0 Å². The minimum absolute atomic E-state index is 0.115. The van der Waals surface area contributed by atoms with E-state index in [0.717, 1.165) is 0 Å². The second-order valence-electron chi connectivity index (χ2n) is 7.15. The second-order valence-corrected chi connectivity index (χ2v) is 7.15. The van der Waals surface area contributed by atoms with Gasteiger partial charge in [-0.3, -0.25) is 29.8 Å². The lowest BCUT2D eigenvalue weighted by molar-refractivity contribution is -0.385. The Kier molecular flexibility index (Phi) is 7.43. The zero-order valence-corrected chi connectivity index (χ0v) is 17.4. The van der Waals surface area contributed by atoms with Gasteiger partial charge in [0, 0.05) is 35.5 Å². The van der Waals surface area contributed by atoms with Crippen molar-refractivity contribution in [2.75, 3.05) is 5.32 Å². The second kappa shape index (κ2) is 10.6. The summed E-state index contributed by atoms with van der Waals surface area (Å²) in [6.45, 7) is 0.160. The molecule has 3 aromatic carbocycles. The van der Waals surface area contributed by atoms with Gasteiger partial charge in [0.25, 0.3) is 11.4 Å². The topological polar surface area (TPSA) is 144 Å². The van der Waals surface area contributed by atoms with Crippen LogP contribution in [0.4, 0.5) is 17.1 Å². The Balaban J connectivity index is 1.58. The number of nitro groups is 2. The quantitative estimate of drug-likeness (QED) is 0.378. The summed E-state index contributed by atoms with van der Waals surface area (Å²) < 4.78 is 0. The van der Waals surface area contributed by atoms with Crippen LogP contribution in [0.1, 0.15) is 16.7 Å². The molecule has 2 N–H and O–H groups in total. The number of anilines is 1. The lowest BCUT2D eigenvalue weighted by atomic mass is 10.1. The Hall–Kier alpha value is -4.60. The molecule has 10 nitrogen and oxygen atoms in total. The van der Waals surface area contributed by atoms with Crippen molar-refractivity contribution >= 4 is 28.9 Å². The Morgan fingerprint density at radius 1 is 0.727 bits per heavy atom. The largest absolute Gasteiger partial charge is 0.352 e. The number of nitrogens with zero attached hydrogens (tertiary/aromatic N) is 2. The van der Waals surface area contributed by atoms with Gasteiger partial charge in [0.15, 0.2) is 0 Å². The molecule has 0 fully saturated rings. The van der Waals surface area contributed by atoms with E-state index < -0.39 is 15.8 Å². The molecule has 33 heavy (non-hydrogen) atoms. The standard InChI is InChI=1S/C23H20N4O6/c28-22(13-17-7-1-3-10-20(17)26(30)31)24-15-16-6-5-9-19(12-16)25-23(29)14-18-8-2-4-11-21(18)27(32)33/h1-12H,13-15H2,(H,24,28)(H,25,29). The third-order valence-electron chi connectivity index (χ3n) is 4.78. The van der Waals surface area contributed by atoms with Crippen LogP contribution in [0.15, 0.2) is 72.8 Å². The Morgan fingerprint density at radius 2 is 1.27 bits per heavy atom. The number of carbonyl (C=O) groups excluding carboxylic acids is 2. The zero-order chi connectivity index (χ0) is 23.8. The summed E-state index contributed by atoms with van der Waals surface area (Å²) in [7, 11) is 0. The molecule has 168 valence electrons. The normalized spacial score (nSPS) is 10.3. The van der Waals surface area contributed by atoms with Crippen LogP contribution in [0.25, 0.3) is 0 Å². The van der Waals surface area contributed by atoms with Crippen molar-refractivity contribution < 1.29 is 19.4 Å². The molecule has 0 saturated heterocycles. The maximum Gasteiger partial charge on any atom is 0.273 e. The van der Waals surface area contributed by atoms with Crippen LogP contribution in [0, 0.1) is 20.2 Å². The Morgan fingerprint density at radius 3 is 1.85 bits per heavy atom. The number of para-hydroxylation sites is 2. The van der Waals surface area contributed by atoms with Crippen LogP contribution in [0.2, 0.25) is 0 Å². The van der Waals surface area contributed by atoms with Crippen LogP contribution >= 0.6 is 0 Å². The van der Waals surface area contributed by atoms with E-state index in [1.165, 1.54) is 36.4 Å². The van der Waals surface area contributed by atoms with E-state index in [-0.39, 0.29) is 36.7 Å². The van der Waals surface area contributed by atoms with E-state index in [1.807, 2.05) is 0 Å². The number of nitro benzene ring substituents is 2. The van der Waals surface area contributed by atoms with Gasteiger partial charge in [-0.05, 0) is 17.7 Å². The number of hydrogen-bond acceptors (Lipinski definition) is 6. The van der Waals surface area contributed by atoms with Gasteiger partial charge < -0.3 is 10.6 Å². The van der Waals surface area contributed by atoms with Crippen molar-refractivity contribution in [3.8, 4) is 0 Å². The summed E-state index contributed by atoms with van der Waals surface area (Å²) in [6, 6.07) is 18.9. The molecule has 0 bridgehead atoms. The molecule has 10 heteroatoms. The lowest BCUT2D eigenvalue weighted by Gasteiger charge is -2.09. The van der Waals surface area contributed by atoms with Crippen molar-refractivity contribution in [1.82, 2.24) is 5.32 Å². The summed E-state index contributed by atoms with van der Waals surface area (Å²) >= 11 is 0. The molecule has 0 radical (unpaired) electrons. The van der Waals surface area contributed by atoms with E-state index >= 15 is 0 Å². The molecule has 0 spiro atoms. The molecule has 0 heterocycles. The molecule has 0 aliphatic carbocycles. The number of benzene rings is 3. The van der Waals surface area contributed by atoms with Crippen LogP contribution < -0.4 is 10.6 Å². The van der Waals surface area contributed by atoms with Crippen LogP contribution in [-0.2, 0) is 29.0 Å². The fraction of sp³-hybridized carbons (Fsp3) is 0.130. The summed E-state index contributed by atoms with van der Waals surface area (Å²) in [6.07, 6.45) is -0.294. The van der Waals surface area contributed by atoms with Gasteiger partial charge in [-0.25, -0.2) is 0 Å². The highest BCUT2D eigenvalue weighted by Gasteiger charge is 2.17. The first kappa shape index (κ1) is 23.1. The summed E-state index contributed by atoms with van der Waals surface area (Å²) in [5.74, 6) is -0.794. The van der Waals surface area contributed by atoms with E-state index in [4.69, 9.17) is 0 Å². The van der Waals surface area contributed by atoms with Gasteiger partial charge in [-0.15, -0.1) is 0 Å². The van der Waals surface area contributed by atoms with E-state index in [1.54, 1.807) is 36.4 Å². The highest BCUT2D eigenvalue weighted by molar-refractivity contribution is 5.92. The third-order valence-corrected chi connectivity index (χ3v) is 4.78. The molecule has 0 atom stereocenters. The number of hydrogen-bond donors (Lipinski definition) is 2. The number of carbonyl (C=O) groups is 2. The van der Waals surface area contributed by atoms with Gasteiger partial charge in [-0.1, -0.05) is 48.5 Å². The summed E-state index contributed by atoms with van der Waals surface area (Å²) in [5.41, 5.74) is 1.56. The molecular weight excluding hydrogens is 428 g/mol. The van der Waals surface area contributed by atoms with Crippen molar-refractivity contribution in [3.05, 3.63) is 110 Å². The minimum Gasteiger partial charge on any atom is -0.352 e. The molecule has 0 aliphatic rings. The molecule has 0 aromatic heterocycles. The predicted octanol–water partition coefficient (Wildman–Crippen LogP) is 3.54. The van der Waals surface area contributed by atoms with Gasteiger partial charge in [0.05, 0.1) is 22.7 Å². The monoisotopic (exact) mass is 448 g/mol. The molecule has 3 aromatic rings. The summed E-state index contributed by atoms with van der Waals surface area (Å²) in [5, 5.41) is 27.6. The molecule has 3 rings (SSSR count). The van der Waals surface area contributed by atoms with E-state index in [0.29, 0.717) is 22.4 Å². The molecule has 0 aliphatic heterocycles. The van der Waals surface area contributed by atoms with E-state index in [9.17, 15) is 29.8 Å². The fourth-order valence-electron chi connectivity index (χ4n) is 3.25. The van der Waals surface area contributed by atoms with Gasteiger partial charge in [0.1, 0.15) is 0 Å². The van der Waals surface area contributed by atoms with Gasteiger partial charge in [0.2, 0.25) is 11.8 Å². The number of amides is 2. The summed E-state index contributed by atoms with van der Waals surface area (Å²) in [4.78, 5) is 45.7. The fourth-order valence-corrected chi connectivity index (χ4v) is 3.25. The first-order valence-corrected chi connectivity index (χ1v) is 9.93. The smallest absolute Gasteiger partial charge is 0.273 e. The highest BCUT2D eigenvalue weighted by Crippen LogP contribution is 2.20. The predicted molar refractivity (Wildman–Crippen MR) is 121 cm³/mol. The first-order valence-electron chi connectivity index (χ1n) is 9.93. The van der Waals surface area contributed by atoms with Crippen molar-refractivity contribution in [2.45, 2.75) is 19.4 Å². The van der Waals surface area contributed by atoms with Crippen molar-refractivity contribution in [3.63, 3.8) is 0 Å². The zero-order valence-electron chi connectivity index (χ0n) is 17.4. The van der Waals surface area contributed by atoms with Gasteiger partial charge >= 0.3 is 0 Å². The molecule has 2 amide bonds. The molecule has 0 unspecified atom stereocenters. The van der Waals surface area contributed by atoms with E-state index in [2.05, 4.69) is 10.6 Å². The number of rotatable bonds is 9. The lowest BCUT2D eigenvalue weighted by Crippen LogP contribution is -2.25. The maximum absolute atomic E-state index is 12.4. The van der Waals surface area contributed by atoms with Crippen LogP contribution in [0.3, 0.4) is 0 Å². The van der Waals surface area contributed by atoms with Crippen LogP contribution in [0.5, 0.6) is 0 Å². The highest BCUT2D eigenvalue weighted by atomic mass is 16.6. The maximum atomic E-state index is 12.4. The van der Waals surface area contributed by atoms with Gasteiger partial charge in [-0.2, -0.15) is 0 Å². The Labute approximate surface area is 188 Å².